The van der Waals surface area contributed by atoms with E-state index in [9.17, 15) is 13.2 Å². The van der Waals surface area contributed by atoms with Crippen LogP contribution in [0.4, 0.5) is 18.9 Å². The lowest BCUT2D eigenvalue weighted by Gasteiger charge is -2.14. The van der Waals surface area contributed by atoms with Crippen LogP contribution in [-0.4, -0.2) is 26.9 Å². The predicted molar refractivity (Wildman–Crippen MR) is 59.1 cm³/mol. The monoisotopic (exact) mass is 269 g/mol. The molecule has 0 fully saturated rings. The maximum atomic E-state index is 12.1. The molecule has 0 atom stereocenters. The molecule has 0 saturated carbocycles. The molecule has 3 nitrogen and oxygen atoms in total. The second kappa shape index (κ2) is 5.35. The van der Waals surface area contributed by atoms with E-state index in [4.69, 9.17) is 21.1 Å². The van der Waals surface area contributed by atoms with Crippen molar-refractivity contribution in [2.24, 2.45) is 0 Å². The molecule has 0 bridgehead atoms. The van der Waals surface area contributed by atoms with Crippen molar-refractivity contribution in [3.8, 4) is 11.5 Å². The fraction of sp³-hybridized carbons (Fsp3) is 0.400. The summed E-state index contributed by atoms with van der Waals surface area (Å²) < 4.78 is 46.1. The second-order valence-electron chi connectivity index (χ2n) is 3.16. The summed E-state index contributed by atoms with van der Waals surface area (Å²) in [4.78, 5) is 0. The number of hydrogen-bond acceptors (Lipinski definition) is 3. The van der Waals surface area contributed by atoms with Gasteiger partial charge in [-0.1, -0.05) is 11.6 Å². The summed E-state index contributed by atoms with van der Waals surface area (Å²) in [5.74, 6) is 0.566. The highest BCUT2D eigenvalue weighted by molar-refractivity contribution is 6.32. The molecule has 0 aliphatic carbocycles. The molecule has 7 heteroatoms. The standard InChI is InChI=1S/C10H11ClF3NO2/c1-16-8-4-9(17-2)7(3-6(8)11)15-5-10(12,13)14/h3-4,15H,5H2,1-2H3. The Bertz CT molecular complexity index is 396. The number of ether oxygens (including phenoxy) is 2. The molecule has 17 heavy (non-hydrogen) atoms. The van der Waals surface area contributed by atoms with E-state index in [2.05, 4.69) is 5.32 Å². The summed E-state index contributed by atoms with van der Waals surface area (Å²) in [6.45, 7) is -1.16. The molecular formula is C10H11ClF3NO2. The fourth-order valence-corrected chi connectivity index (χ4v) is 1.43. The minimum absolute atomic E-state index is 0.163. The molecular weight excluding hydrogens is 259 g/mol. The van der Waals surface area contributed by atoms with Gasteiger partial charge in [0.1, 0.15) is 18.0 Å². The summed E-state index contributed by atoms with van der Waals surface area (Å²) in [5, 5.41) is 2.41. The zero-order valence-corrected chi connectivity index (χ0v) is 9.95. The van der Waals surface area contributed by atoms with E-state index in [1.165, 1.54) is 26.4 Å². The van der Waals surface area contributed by atoms with Gasteiger partial charge in [-0.25, -0.2) is 0 Å². The van der Waals surface area contributed by atoms with Crippen molar-refractivity contribution >= 4 is 17.3 Å². The van der Waals surface area contributed by atoms with Crippen molar-refractivity contribution in [2.45, 2.75) is 6.18 Å². The largest absolute Gasteiger partial charge is 0.495 e. The van der Waals surface area contributed by atoms with Gasteiger partial charge in [-0.3, -0.25) is 0 Å². The van der Waals surface area contributed by atoms with Gasteiger partial charge in [-0.05, 0) is 6.07 Å². The first-order chi connectivity index (χ1) is 7.87. The highest BCUT2D eigenvalue weighted by Gasteiger charge is 2.27. The van der Waals surface area contributed by atoms with Crippen LogP contribution in [0.1, 0.15) is 0 Å². The van der Waals surface area contributed by atoms with Crippen molar-refractivity contribution in [2.75, 3.05) is 26.1 Å². The molecule has 0 saturated heterocycles. The normalized spacial score (nSPS) is 11.2. The third-order valence-corrected chi connectivity index (χ3v) is 2.25. The predicted octanol–water partition coefficient (Wildman–Crippen LogP) is 3.33. The minimum atomic E-state index is -4.31. The Labute approximate surface area is 101 Å². The number of hydrogen-bond donors (Lipinski definition) is 1. The quantitative estimate of drug-likeness (QED) is 0.909. The Morgan fingerprint density at radius 1 is 1.18 bits per heavy atom. The second-order valence-corrected chi connectivity index (χ2v) is 3.56. The third-order valence-electron chi connectivity index (χ3n) is 1.95. The van der Waals surface area contributed by atoms with Crippen LogP contribution in [0.5, 0.6) is 11.5 Å². The van der Waals surface area contributed by atoms with E-state index < -0.39 is 12.7 Å². The van der Waals surface area contributed by atoms with Crippen LogP contribution in [0.2, 0.25) is 5.02 Å². The van der Waals surface area contributed by atoms with Crippen LogP contribution in [0.25, 0.3) is 0 Å². The summed E-state index contributed by atoms with van der Waals surface area (Å²) in [7, 11) is 2.75. The van der Waals surface area contributed by atoms with E-state index in [0.717, 1.165) is 0 Å². The van der Waals surface area contributed by atoms with Gasteiger partial charge in [0.05, 0.1) is 24.9 Å². The van der Waals surface area contributed by atoms with Gasteiger partial charge in [0.15, 0.2) is 0 Å². The summed E-state index contributed by atoms with van der Waals surface area (Å²) in [5.41, 5.74) is 0.163. The smallest absolute Gasteiger partial charge is 0.405 e. The lowest BCUT2D eigenvalue weighted by Crippen LogP contribution is -2.21. The Balaban J connectivity index is 2.95. The average molecular weight is 270 g/mol. The number of anilines is 1. The van der Waals surface area contributed by atoms with Crippen molar-refractivity contribution in [1.29, 1.82) is 0 Å². The summed E-state index contributed by atoms with van der Waals surface area (Å²) in [6, 6.07) is 2.74. The number of rotatable bonds is 4. The SMILES string of the molecule is COc1cc(OC)c(NCC(F)(F)F)cc1Cl. The average Bonchev–Trinajstić information content (AvgIpc) is 2.25. The number of benzene rings is 1. The van der Waals surface area contributed by atoms with Crippen LogP contribution >= 0.6 is 11.6 Å². The fourth-order valence-electron chi connectivity index (χ4n) is 1.19. The molecule has 1 aromatic rings. The molecule has 0 aliphatic heterocycles. The van der Waals surface area contributed by atoms with Crippen LogP contribution in [-0.2, 0) is 0 Å². The van der Waals surface area contributed by atoms with Crippen LogP contribution in [0, 0.1) is 0 Å². The van der Waals surface area contributed by atoms with E-state index >= 15 is 0 Å². The number of nitrogens with one attached hydrogen (secondary N) is 1. The zero-order chi connectivity index (χ0) is 13.1. The first-order valence-electron chi connectivity index (χ1n) is 4.59. The third kappa shape index (κ3) is 3.89. The van der Waals surface area contributed by atoms with Gasteiger partial charge in [-0.15, -0.1) is 0 Å². The van der Waals surface area contributed by atoms with E-state index in [0.29, 0.717) is 5.75 Å². The van der Waals surface area contributed by atoms with Gasteiger partial charge in [0.2, 0.25) is 0 Å². The highest BCUT2D eigenvalue weighted by Crippen LogP contribution is 2.36. The molecule has 0 aromatic heterocycles. The number of methoxy groups -OCH3 is 2. The van der Waals surface area contributed by atoms with E-state index in [-0.39, 0.29) is 16.5 Å². The van der Waals surface area contributed by atoms with E-state index in [1.807, 2.05) is 0 Å². The first-order valence-corrected chi connectivity index (χ1v) is 4.97. The Morgan fingerprint density at radius 3 is 2.24 bits per heavy atom. The maximum absolute atomic E-state index is 12.1. The highest BCUT2D eigenvalue weighted by atomic mass is 35.5. The van der Waals surface area contributed by atoms with Crippen molar-refractivity contribution in [1.82, 2.24) is 0 Å². The van der Waals surface area contributed by atoms with Gasteiger partial charge in [0, 0.05) is 6.07 Å². The Morgan fingerprint density at radius 2 is 1.76 bits per heavy atom. The molecule has 0 aliphatic rings. The van der Waals surface area contributed by atoms with Crippen molar-refractivity contribution < 1.29 is 22.6 Å². The molecule has 1 N–H and O–H groups in total. The zero-order valence-electron chi connectivity index (χ0n) is 9.19. The van der Waals surface area contributed by atoms with Crippen molar-refractivity contribution in [3.05, 3.63) is 17.2 Å². The molecule has 0 amide bonds. The van der Waals surface area contributed by atoms with Gasteiger partial charge >= 0.3 is 6.18 Å². The Hall–Kier alpha value is -1.30. The topological polar surface area (TPSA) is 30.5 Å². The number of halogens is 4. The molecule has 1 aromatic carbocycles. The van der Waals surface area contributed by atoms with Crippen molar-refractivity contribution in [3.63, 3.8) is 0 Å². The first kappa shape index (κ1) is 13.8. The van der Waals surface area contributed by atoms with Gasteiger partial charge in [0.25, 0.3) is 0 Å². The van der Waals surface area contributed by atoms with Crippen LogP contribution in [0.3, 0.4) is 0 Å². The summed E-state index contributed by atoms with van der Waals surface area (Å²) >= 11 is 5.81. The molecule has 0 radical (unpaired) electrons. The van der Waals surface area contributed by atoms with Gasteiger partial charge in [-0.2, -0.15) is 13.2 Å². The Kier molecular flexibility index (Phi) is 4.34. The minimum Gasteiger partial charge on any atom is -0.495 e. The van der Waals surface area contributed by atoms with Crippen LogP contribution < -0.4 is 14.8 Å². The maximum Gasteiger partial charge on any atom is 0.405 e. The lowest BCUT2D eigenvalue weighted by molar-refractivity contribution is -0.115. The van der Waals surface area contributed by atoms with E-state index in [1.54, 1.807) is 0 Å². The molecule has 96 valence electrons. The number of alkyl halides is 3. The van der Waals surface area contributed by atoms with Crippen LogP contribution in [0.15, 0.2) is 12.1 Å². The summed E-state index contributed by atoms with van der Waals surface area (Å²) in [6.07, 6.45) is -4.31. The lowest BCUT2D eigenvalue weighted by atomic mass is 10.2. The molecule has 0 heterocycles. The molecule has 0 unspecified atom stereocenters. The molecule has 0 spiro atoms. The van der Waals surface area contributed by atoms with Gasteiger partial charge < -0.3 is 14.8 Å². The molecule has 1 rings (SSSR count).